The van der Waals surface area contributed by atoms with E-state index in [9.17, 15) is 0 Å². The van der Waals surface area contributed by atoms with Gasteiger partial charge in [0.2, 0.25) is 5.95 Å². The van der Waals surface area contributed by atoms with E-state index < -0.39 is 0 Å². The molecule has 0 fully saturated rings. The van der Waals surface area contributed by atoms with Crippen LogP contribution >= 0.6 is 0 Å². The first-order chi connectivity index (χ1) is 10.7. The zero-order valence-electron chi connectivity index (χ0n) is 13.2. The molecular formula is C17H21N5. The molecule has 3 aromatic rings. The molecule has 22 heavy (non-hydrogen) atoms. The highest BCUT2D eigenvalue weighted by Crippen LogP contribution is 2.22. The third-order valence-corrected chi connectivity index (χ3v) is 3.79. The SMILES string of the molecule is CCN(CC)c1cn2nc(Nc3ccccc3)nc2cc1C. The highest BCUT2D eigenvalue weighted by atomic mass is 15.3. The molecule has 114 valence electrons. The summed E-state index contributed by atoms with van der Waals surface area (Å²) in [5.41, 5.74) is 4.26. The molecule has 0 aliphatic rings. The minimum Gasteiger partial charge on any atom is -0.371 e. The quantitative estimate of drug-likeness (QED) is 0.781. The lowest BCUT2D eigenvalue weighted by Crippen LogP contribution is -2.23. The van der Waals surface area contributed by atoms with Gasteiger partial charge in [0.1, 0.15) is 0 Å². The Labute approximate surface area is 130 Å². The molecule has 0 aliphatic carbocycles. The van der Waals surface area contributed by atoms with E-state index >= 15 is 0 Å². The predicted molar refractivity (Wildman–Crippen MR) is 91.0 cm³/mol. The highest BCUT2D eigenvalue weighted by Gasteiger charge is 2.10. The number of fused-ring (bicyclic) bond motifs is 1. The van der Waals surface area contributed by atoms with Gasteiger partial charge in [0.15, 0.2) is 5.65 Å². The minimum atomic E-state index is 0.613. The number of pyridine rings is 1. The fraction of sp³-hybridized carbons (Fsp3) is 0.294. The predicted octanol–water partition coefficient (Wildman–Crippen LogP) is 3.63. The Morgan fingerprint density at radius 3 is 2.55 bits per heavy atom. The van der Waals surface area contributed by atoms with E-state index in [-0.39, 0.29) is 0 Å². The Morgan fingerprint density at radius 1 is 1.14 bits per heavy atom. The van der Waals surface area contributed by atoms with Crippen molar-refractivity contribution in [2.24, 2.45) is 0 Å². The molecule has 0 aliphatic heterocycles. The fourth-order valence-electron chi connectivity index (χ4n) is 2.61. The lowest BCUT2D eigenvalue weighted by Gasteiger charge is -2.22. The van der Waals surface area contributed by atoms with Crippen molar-refractivity contribution in [3.63, 3.8) is 0 Å². The van der Waals surface area contributed by atoms with Gasteiger partial charge in [-0.2, -0.15) is 4.98 Å². The summed E-state index contributed by atoms with van der Waals surface area (Å²) in [6, 6.07) is 12.0. The van der Waals surface area contributed by atoms with Gasteiger partial charge in [-0.3, -0.25) is 0 Å². The first-order valence-corrected chi connectivity index (χ1v) is 7.65. The summed E-state index contributed by atoms with van der Waals surface area (Å²) in [5, 5.41) is 7.76. The molecular weight excluding hydrogens is 274 g/mol. The molecule has 2 aromatic heterocycles. The lowest BCUT2D eigenvalue weighted by atomic mass is 10.2. The molecule has 2 heterocycles. The topological polar surface area (TPSA) is 45.5 Å². The van der Waals surface area contributed by atoms with E-state index in [0.29, 0.717) is 5.95 Å². The van der Waals surface area contributed by atoms with Gasteiger partial charge < -0.3 is 10.2 Å². The molecule has 1 N–H and O–H groups in total. The van der Waals surface area contributed by atoms with Gasteiger partial charge in [0.25, 0.3) is 0 Å². The molecule has 0 radical (unpaired) electrons. The zero-order valence-corrected chi connectivity index (χ0v) is 13.2. The van der Waals surface area contributed by atoms with Crippen LogP contribution in [0.15, 0.2) is 42.6 Å². The summed E-state index contributed by atoms with van der Waals surface area (Å²) in [4.78, 5) is 6.86. The van der Waals surface area contributed by atoms with E-state index in [4.69, 9.17) is 0 Å². The van der Waals surface area contributed by atoms with E-state index in [1.807, 2.05) is 34.8 Å². The van der Waals surface area contributed by atoms with Crippen molar-refractivity contribution in [3.8, 4) is 0 Å². The van der Waals surface area contributed by atoms with Crippen molar-refractivity contribution in [1.29, 1.82) is 0 Å². The Morgan fingerprint density at radius 2 is 1.86 bits per heavy atom. The monoisotopic (exact) mass is 295 g/mol. The van der Waals surface area contributed by atoms with Gasteiger partial charge in [-0.05, 0) is 44.5 Å². The molecule has 0 bridgehead atoms. The van der Waals surface area contributed by atoms with E-state index in [1.165, 1.54) is 11.3 Å². The summed E-state index contributed by atoms with van der Waals surface area (Å²) < 4.78 is 1.84. The second-order valence-electron chi connectivity index (χ2n) is 5.24. The second kappa shape index (κ2) is 6.05. The van der Waals surface area contributed by atoms with E-state index in [1.54, 1.807) is 0 Å². The van der Waals surface area contributed by atoms with Gasteiger partial charge in [0.05, 0.1) is 11.9 Å². The van der Waals surface area contributed by atoms with E-state index in [2.05, 4.69) is 53.3 Å². The summed E-state index contributed by atoms with van der Waals surface area (Å²) >= 11 is 0. The third kappa shape index (κ3) is 2.74. The number of anilines is 3. The Hall–Kier alpha value is -2.56. The van der Waals surface area contributed by atoms with Crippen LogP contribution in [0.2, 0.25) is 0 Å². The van der Waals surface area contributed by atoms with Crippen LogP contribution in [0.4, 0.5) is 17.3 Å². The van der Waals surface area contributed by atoms with Crippen LogP contribution in [-0.2, 0) is 0 Å². The number of nitrogens with one attached hydrogen (secondary N) is 1. The van der Waals surface area contributed by atoms with E-state index in [0.717, 1.165) is 24.4 Å². The summed E-state index contributed by atoms with van der Waals surface area (Å²) in [7, 11) is 0. The van der Waals surface area contributed by atoms with Gasteiger partial charge in [0, 0.05) is 18.8 Å². The van der Waals surface area contributed by atoms with Gasteiger partial charge in [-0.25, -0.2) is 4.52 Å². The summed E-state index contributed by atoms with van der Waals surface area (Å²) in [6.45, 7) is 8.40. The summed E-state index contributed by atoms with van der Waals surface area (Å²) in [6.07, 6.45) is 2.06. The average molecular weight is 295 g/mol. The van der Waals surface area contributed by atoms with Crippen molar-refractivity contribution in [1.82, 2.24) is 14.6 Å². The van der Waals surface area contributed by atoms with Crippen LogP contribution in [0.5, 0.6) is 0 Å². The van der Waals surface area contributed by atoms with Crippen molar-refractivity contribution < 1.29 is 0 Å². The number of rotatable bonds is 5. The number of aromatic nitrogens is 3. The van der Waals surface area contributed by atoms with Crippen molar-refractivity contribution in [2.75, 3.05) is 23.3 Å². The maximum atomic E-state index is 4.54. The lowest BCUT2D eigenvalue weighted by molar-refractivity contribution is 0.845. The highest BCUT2D eigenvalue weighted by molar-refractivity contribution is 5.60. The first-order valence-electron chi connectivity index (χ1n) is 7.65. The maximum Gasteiger partial charge on any atom is 0.247 e. The number of para-hydroxylation sites is 1. The van der Waals surface area contributed by atoms with Crippen LogP contribution in [-0.4, -0.2) is 27.7 Å². The van der Waals surface area contributed by atoms with Crippen molar-refractivity contribution in [3.05, 3.63) is 48.2 Å². The molecule has 1 aromatic carbocycles. The Bertz CT molecular complexity index is 759. The smallest absolute Gasteiger partial charge is 0.247 e. The van der Waals surface area contributed by atoms with Gasteiger partial charge in [-0.15, -0.1) is 5.10 Å². The van der Waals surface area contributed by atoms with Crippen LogP contribution in [0.3, 0.4) is 0 Å². The minimum absolute atomic E-state index is 0.613. The third-order valence-electron chi connectivity index (χ3n) is 3.79. The molecule has 5 heteroatoms. The first kappa shape index (κ1) is 14.4. The number of nitrogens with zero attached hydrogens (tertiary/aromatic N) is 4. The molecule has 0 unspecified atom stereocenters. The number of hydrogen-bond acceptors (Lipinski definition) is 4. The fourth-order valence-corrected chi connectivity index (χ4v) is 2.61. The zero-order chi connectivity index (χ0) is 15.5. The van der Waals surface area contributed by atoms with Crippen molar-refractivity contribution >= 4 is 23.0 Å². The van der Waals surface area contributed by atoms with Crippen LogP contribution in [0.1, 0.15) is 19.4 Å². The van der Waals surface area contributed by atoms with Crippen molar-refractivity contribution in [2.45, 2.75) is 20.8 Å². The van der Waals surface area contributed by atoms with Gasteiger partial charge in [-0.1, -0.05) is 18.2 Å². The van der Waals surface area contributed by atoms with Crippen LogP contribution in [0.25, 0.3) is 5.65 Å². The Kier molecular flexibility index (Phi) is 3.96. The van der Waals surface area contributed by atoms with Gasteiger partial charge >= 0.3 is 0 Å². The maximum absolute atomic E-state index is 4.54. The summed E-state index contributed by atoms with van der Waals surface area (Å²) in [5.74, 6) is 0.613. The number of benzene rings is 1. The molecule has 0 saturated heterocycles. The van der Waals surface area contributed by atoms with Crippen LogP contribution < -0.4 is 10.2 Å². The molecule has 0 atom stereocenters. The average Bonchev–Trinajstić information content (AvgIpc) is 2.90. The number of hydrogen-bond donors (Lipinski definition) is 1. The molecule has 5 nitrogen and oxygen atoms in total. The molecule has 0 saturated carbocycles. The largest absolute Gasteiger partial charge is 0.371 e. The Balaban J connectivity index is 1.96. The standard InChI is InChI=1S/C17H21N5/c1-4-21(5-2)15-12-22-16(11-13(15)3)19-17(20-22)18-14-9-7-6-8-10-14/h6-12H,4-5H2,1-3H3,(H,18,20). The molecule has 3 rings (SSSR count). The number of aryl methyl sites for hydroxylation is 1. The normalized spacial score (nSPS) is 10.9. The molecule has 0 amide bonds. The second-order valence-corrected chi connectivity index (χ2v) is 5.24. The van der Waals surface area contributed by atoms with Crippen LogP contribution in [0, 0.1) is 6.92 Å². The molecule has 0 spiro atoms.